The summed E-state index contributed by atoms with van der Waals surface area (Å²) < 4.78 is 0.662. The summed E-state index contributed by atoms with van der Waals surface area (Å²) in [5.74, 6) is 0. The Morgan fingerprint density at radius 3 is 2.71 bits per heavy atom. The van der Waals surface area contributed by atoms with Crippen LogP contribution in [0.25, 0.3) is 10.8 Å². The van der Waals surface area contributed by atoms with E-state index in [-0.39, 0.29) is 0 Å². The Morgan fingerprint density at radius 2 is 1.86 bits per heavy atom. The smallest absolute Gasteiger partial charge is 0.144 e. The van der Waals surface area contributed by atoms with E-state index in [0.29, 0.717) is 4.32 Å². The number of anilines is 1. The van der Waals surface area contributed by atoms with Gasteiger partial charge in [0.2, 0.25) is 0 Å². The summed E-state index contributed by atoms with van der Waals surface area (Å²) in [6.45, 7) is 2.05. The average molecular weight is 311 g/mol. The third-order valence-electron chi connectivity index (χ3n) is 3.11. The zero-order valence-electron chi connectivity index (χ0n) is 11.4. The van der Waals surface area contributed by atoms with Gasteiger partial charge in [-0.1, -0.05) is 54.7 Å². The Labute approximate surface area is 132 Å². The fraction of sp³-hybridized carbons (Fsp3) is 0.0625. The number of benzene rings is 2. The van der Waals surface area contributed by atoms with Gasteiger partial charge in [0.15, 0.2) is 0 Å². The van der Waals surface area contributed by atoms with Gasteiger partial charge in [0.05, 0.1) is 6.20 Å². The predicted molar refractivity (Wildman–Crippen MR) is 92.8 cm³/mol. The van der Waals surface area contributed by atoms with E-state index in [9.17, 15) is 0 Å². The normalized spacial score (nSPS) is 10.5. The first kappa shape index (κ1) is 14.0. The number of aryl methyl sites for hydroxylation is 1. The van der Waals surface area contributed by atoms with Crippen molar-refractivity contribution < 1.29 is 0 Å². The number of thiocarbonyl (C=S) groups is 1. The number of nitrogens with one attached hydrogen (secondary N) is 1. The van der Waals surface area contributed by atoms with Crippen molar-refractivity contribution in [3.05, 3.63) is 60.3 Å². The highest BCUT2D eigenvalue weighted by atomic mass is 32.2. The van der Waals surface area contributed by atoms with Gasteiger partial charge in [-0.05, 0) is 30.3 Å². The van der Waals surface area contributed by atoms with Crippen LogP contribution in [0.3, 0.4) is 0 Å². The lowest BCUT2D eigenvalue weighted by molar-refractivity contribution is 0.959. The Kier molecular flexibility index (Phi) is 4.13. The van der Waals surface area contributed by atoms with Crippen LogP contribution in [0.1, 0.15) is 5.56 Å². The van der Waals surface area contributed by atoms with Gasteiger partial charge in [0.1, 0.15) is 9.35 Å². The van der Waals surface area contributed by atoms with Crippen LogP contribution in [0.5, 0.6) is 0 Å². The quantitative estimate of drug-likeness (QED) is 0.560. The molecule has 1 aromatic heterocycles. The van der Waals surface area contributed by atoms with Crippen molar-refractivity contribution in [3.63, 3.8) is 0 Å². The van der Waals surface area contributed by atoms with Crippen LogP contribution >= 0.6 is 24.0 Å². The van der Waals surface area contributed by atoms with E-state index in [0.717, 1.165) is 27.0 Å². The molecule has 1 N–H and O–H groups in total. The molecule has 21 heavy (non-hydrogen) atoms. The van der Waals surface area contributed by atoms with Crippen LogP contribution in [0.2, 0.25) is 0 Å². The van der Waals surface area contributed by atoms with Crippen molar-refractivity contribution in [1.29, 1.82) is 0 Å². The molecule has 5 heteroatoms. The highest BCUT2D eigenvalue weighted by Gasteiger charge is 2.08. The molecule has 0 fully saturated rings. The molecule has 0 aliphatic rings. The molecule has 1 heterocycles. The summed E-state index contributed by atoms with van der Waals surface area (Å²) in [5.41, 5.74) is 2.17. The minimum Gasteiger partial charge on any atom is -0.341 e. The molecule has 2 aromatic carbocycles. The Morgan fingerprint density at radius 1 is 1.10 bits per heavy atom. The minimum absolute atomic E-state index is 0.662. The number of thioether (sulfide) groups is 1. The van der Waals surface area contributed by atoms with E-state index in [2.05, 4.69) is 15.5 Å². The van der Waals surface area contributed by atoms with E-state index in [1.165, 1.54) is 11.8 Å². The maximum atomic E-state index is 5.42. The Hall–Kier alpha value is -1.98. The number of nitrogens with zero attached hydrogens (tertiary/aromatic N) is 2. The van der Waals surface area contributed by atoms with Crippen molar-refractivity contribution in [2.75, 3.05) is 5.32 Å². The van der Waals surface area contributed by atoms with Gasteiger partial charge in [0, 0.05) is 16.5 Å². The molecule has 0 radical (unpaired) electrons. The zero-order valence-corrected chi connectivity index (χ0v) is 13.0. The summed E-state index contributed by atoms with van der Waals surface area (Å²) in [6.07, 6.45) is 1.76. The second kappa shape index (κ2) is 6.20. The first-order chi connectivity index (χ1) is 10.2. The third-order valence-corrected chi connectivity index (χ3v) is 4.24. The van der Waals surface area contributed by atoms with E-state index < -0.39 is 0 Å². The first-order valence-corrected chi connectivity index (χ1v) is 7.71. The summed E-state index contributed by atoms with van der Waals surface area (Å²) in [6, 6.07) is 16.1. The zero-order chi connectivity index (χ0) is 14.7. The number of para-hydroxylation sites is 1. The number of rotatable bonds is 2. The van der Waals surface area contributed by atoms with Crippen LogP contribution in [-0.4, -0.2) is 14.5 Å². The van der Waals surface area contributed by atoms with Crippen LogP contribution in [0, 0.1) is 6.92 Å². The van der Waals surface area contributed by atoms with Crippen molar-refractivity contribution >= 4 is 44.8 Å². The summed E-state index contributed by atoms with van der Waals surface area (Å²) in [5, 5.41) is 14.4. The number of fused-ring (bicyclic) bond motifs is 1. The lowest BCUT2D eigenvalue weighted by Crippen LogP contribution is -2.06. The summed E-state index contributed by atoms with van der Waals surface area (Å²) in [7, 11) is 0. The van der Waals surface area contributed by atoms with Crippen LogP contribution in [-0.2, 0) is 0 Å². The second-order valence-corrected chi connectivity index (χ2v) is 6.23. The van der Waals surface area contributed by atoms with E-state index in [1.807, 2.05) is 55.5 Å². The fourth-order valence-electron chi connectivity index (χ4n) is 2.01. The van der Waals surface area contributed by atoms with Gasteiger partial charge in [-0.15, -0.1) is 5.10 Å². The molecule has 0 saturated heterocycles. The maximum Gasteiger partial charge on any atom is 0.144 e. The molecule has 3 rings (SSSR count). The lowest BCUT2D eigenvalue weighted by Gasteiger charge is -2.10. The molecule has 0 bridgehead atoms. The van der Waals surface area contributed by atoms with Crippen LogP contribution in [0.15, 0.2) is 59.8 Å². The van der Waals surface area contributed by atoms with Gasteiger partial charge in [-0.2, -0.15) is 5.10 Å². The van der Waals surface area contributed by atoms with Crippen molar-refractivity contribution in [2.24, 2.45) is 0 Å². The fourth-order valence-corrected chi connectivity index (χ4v) is 3.08. The van der Waals surface area contributed by atoms with E-state index in [1.54, 1.807) is 6.20 Å². The first-order valence-electron chi connectivity index (χ1n) is 6.49. The highest BCUT2D eigenvalue weighted by Crippen LogP contribution is 2.26. The number of hydrogen-bond donors (Lipinski definition) is 1. The van der Waals surface area contributed by atoms with Crippen molar-refractivity contribution in [3.8, 4) is 0 Å². The molecule has 0 aliphatic carbocycles. The standard InChI is InChI=1S/C16H13N3S2/c1-11-6-2-5-9-14(11)18-16(20)21-15-13-8-4-3-7-12(13)10-17-19-15/h2-10H,1H3,(H,18,20). The topological polar surface area (TPSA) is 37.8 Å². The monoisotopic (exact) mass is 311 g/mol. The van der Waals surface area contributed by atoms with E-state index >= 15 is 0 Å². The molecule has 0 amide bonds. The van der Waals surface area contributed by atoms with Crippen molar-refractivity contribution in [2.45, 2.75) is 11.9 Å². The molecule has 104 valence electrons. The van der Waals surface area contributed by atoms with Gasteiger partial charge in [-0.25, -0.2) is 0 Å². The molecule has 0 spiro atoms. The molecular weight excluding hydrogens is 298 g/mol. The van der Waals surface area contributed by atoms with E-state index in [4.69, 9.17) is 12.2 Å². The maximum absolute atomic E-state index is 5.42. The third kappa shape index (κ3) is 3.20. The lowest BCUT2D eigenvalue weighted by atomic mass is 10.2. The molecule has 3 aromatic rings. The van der Waals surface area contributed by atoms with Gasteiger partial charge >= 0.3 is 0 Å². The number of aromatic nitrogens is 2. The van der Waals surface area contributed by atoms with Crippen LogP contribution < -0.4 is 5.32 Å². The second-order valence-electron chi connectivity index (χ2n) is 4.57. The number of hydrogen-bond acceptors (Lipinski definition) is 4. The molecule has 0 unspecified atom stereocenters. The molecule has 0 atom stereocenters. The minimum atomic E-state index is 0.662. The summed E-state index contributed by atoms with van der Waals surface area (Å²) in [4.78, 5) is 0. The Bertz CT molecular complexity index is 797. The molecule has 0 aliphatic heterocycles. The average Bonchev–Trinajstić information content (AvgIpc) is 2.50. The van der Waals surface area contributed by atoms with Gasteiger partial charge < -0.3 is 5.32 Å². The van der Waals surface area contributed by atoms with Crippen molar-refractivity contribution in [1.82, 2.24) is 10.2 Å². The predicted octanol–water partition coefficient (Wildman–Crippen LogP) is 4.43. The Balaban J connectivity index is 1.82. The van der Waals surface area contributed by atoms with Gasteiger partial charge in [-0.3, -0.25) is 0 Å². The van der Waals surface area contributed by atoms with Crippen LogP contribution in [0.4, 0.5) is 5.69 Å². The molecular formula is C16H13N3S2. The summed E-state index contributed by atoms with van der Waals surface area (Å²) >= 11 is 6.85. The molecule has 3 nitrogen and oxygen atoms in total. The highest BCUT2D eigenvalue weighted by molar-refractivity contribution is 8.23. The molecule has 0 saturated carbocycles. The van der Waals surface area contributed by atoms with Gasteiger partial charge in [0.25, 0.3) is 0 Å². The SMILES string of the molecule is Cc1ccccc1NC(=S)Sc1nncc2ccccc12. The largest absolute Gasteiger partial charge is 0.341 e.